The maximum absolute atomic E-state index is 10.0. The summed E-state index contributed by atoms with van der Waals surface area (Å²) in [5.41, 5.74) is 8.36. The smallest absolute Gasteiger partial charge is 0.219 e. The van der Waals surface area contributed by atoms with Gasteiger partial charge in [0.2, 0.25) is 5.95 Å². The molecule has 1 aliphatic carbocycles. The quantitative estimate of drug-likeness (QED) is 0.374. The average Bonchev–Trinajstić information content (AvgIpc) is 3.55. The minimum Gasteiger partial charge on any atom is -0.378 e. The number of nitrogen functional groups attached to an aromatic ring is 1. The van der Waals surface area contributed by atoms with Crippen molar-refractivity contribution in [1.82, 2.24) is 19.9 Å². The maximum atomic E-state index is 10.0. The number of nitrogens with zero attached hydrogens (tertiary/aromatic N) is 6. The van der Waals surface area contributed by atoms with Crippen LogP contribution < -0.4 is 10.6 Å². The Balaban J connectivity index is 1.50. The van der Waals surface area contributed by atoms with Gasteiger partial charge in [0.1, 0.15) is 5.55 Å². The molecule has 3 aromatic heterocycles. The molecule has 0 amide bonds. The standard InChI is InChI=1S/C19H21N7O3S2/c20-19-22-8-12(9-23-19)17-24-15-7-13(10-21-11-31(27,28)14-1-2-14)30-16(15)18(25-17)26-3-5-29-6-4-26/h1,7-9,11,27-28H,2-6,10H2,(H2,20,22,23). The third-order valence-electron chi connectivity index (χ3n) is 4.87. The highest BCUT2D eigenvalue weighted by Crippen LogP contribution is 2.53. The summed E-state index contributed by atoms with van der Waals surface area (Å²) in [5, 5.41) is 0. The fourth-order valence-electron chi connectivity index (χ4n) is 3.20. The van der Waals surface area contributed by atoms with Gasteiger partial charge < -0.3 is 15.4 Å². The van der Waals surface area contributed by atoms with E-state index in [0.717, 1.165) is 34.0 Å². The van der Waals surface area contributed by atoms with Crippen molar-refractivity contribution in [3.63, 3.8) is 0 Å². The lowest BCUT2D eigenvalue weighted by Crippen LogP contribution is -2.36. The molecule has 0 atom stereocenters. The Labute approximate surface area is 183 Å². The van der Waals surface area contributed by atoms with Crippen LogP contribution in [0.15, 0.2) is 34.4 Å². The summed E-state index contributed by atoms with van der Waals surface area (Å²) in [7, 11) is -2.86. The molecule has 1 aliphatic heterocycles. The molecule has 0 radical (unpaired) electrons. The summed E-state index contributed by atoms with van der Waals surface area (Å²) < 4.78 is 26.5. The van der Waals surface area contributed by atoms with Crippen LogP contribution in [0.5, 0.6) is 0 Å². The summed E-state index contributed by atoms with van der Waals surface area (Å²) in [4.78, 5) is 25.7. The van der Waals surface area contributed by atoms with Crippen LogP contribution in [-0.2, 0) is 11.3 Å². The molecule has 0 bridgehead atoms. The number of nitrogens with two attached hydrogens (primary N) is 1. The number of aliphatic imine (C=N–C) groups is 1. The first-order valence-electron chi connectivity index (χ1n) is 9.68. The van der Waals surface area contributed by atoms with Gasteiger partial charge in [0.15, 0.2) is 11.6 Å². The molecule has 0 aromatic carbocycles. The number of anilines is 2. The Hall–Kier alpha value is -2.64. The van der Waals surface area contributed by atoms with E-state index >= 15 is 0 Å². The van der Waals surface area contributed by atoms with Crippen LogP contribution in [-0.4, -0.2) is 60.9 Å². The molecule has 1 saturated heterocycles. The normalized spacial score (nSPS) is 17.4. The Morgan fingerprint density at radius 2 is 1.97 bits per heavy atom. The van der Waals surface area contributed by atoms with Gasteiger partial charge in [0.25, 0.3) is 0 Å². The second kappa shape index (κ2) is 8.13. The number of hydrogen-bond acceptors (Lipinski definition) is 11. The van der Waals surface area contributed by atoms with Gasteiger partial charge in [-0.2, -0.15) is 0 Å². The van der Waals surface area contributed by atoms with E-state index in [1.165, 1.54) is 5.55 Å². The Morgan fingerprint density at radius 1 is 1.23 bits per heavy atom. The van der Waals surface area contributed by atoms with Crippen molar-refractivity contribution in [2.75, 3.05) is 36.9 Å². The number of allylic oxidation sites excluding steroid dienone is 2. The number of aromatic nitrogens is 4. The predicted octanol–water partition coefficient (Wildman–Crippen LogP) is 3.13. The number of morpholine rings is 1. The van der Waals surface area contributed by atoms with Gasteiger partial charge in [-0.25, -0.2) is 19.9 Å². The fourth-order valence-corrected chi connectivity index (χ4v) is 5.24. The van der Waals surface area contributed by atoms with Gasteiger partial charge >= 0.3 is 0 Å². The SMILES string of the molecule is Nc1ncc(-c2nc(N3CCOCC3)c3sc(CN=CS(O)(O)C4=CC4)cc3n2)cn1. The molecule has 0 unspecified atom stereocenters. The molecule has 2 aliphatic rings. The van der Waals surface area contributed by atoms with Crippen molar-refractivity contribution in [2.45, 2.75) is 13.0 Å². The maximum Gasteiger partial charge on any atom is 0.219 e. The van der Waals surface area contributed by atoms with Crippen LogP contribution in [0.1, 0.15) is 11.3 Å². The molecule has 4 N–H and O–H groups in total. The first kappa shape index (κ1) is 20.3. The average molecular weight is 460 g/mol. The number of fused-ring (bicyclic) bond motifs is 1. The lowest BCUT2D eigenvalue weighted by atomic mass is 10.3. The van der Waals surface area contributed by atoms with Gasteiger partial charge in [-0.3, -0.25) is 14.1 Å². The molecule has 10 nitrogen and oxygen atoms in total. The van der Waals surface area contributed by atoms with Crippen LogP contribution in [0.3, 0.4) is 0 Å². The number of thiophene rings is 1. The van der Waals surface area contributed by atoms with Gasteiger partial charge in [-0.1, -0.05) is 6.08 Å². The zero-order chi connectivity index (χ0) is 21.4. The van der Waals surface area contributed by atoms with Gasteiger partial charge in [-0.15, -0.1) is 21.9 Å². The van der Waals surface area contributed by atoms with Crippen LogP contribution in [0, 0.1) is 0 Å². The van der Waals surface area contributed by atoms with Crippen LogP contribution in [0.25, 0.3) is 21.6 Å². The van der Waals surface area contributed by atoms with Gasteiger partial charge in [0.05, 0.1) is 35.5 Å². The van der Waals surface area contributed by atoms with E-state index in [0.29, 0.717) is 42.5 Å². The van der Waals surface area contributed by atoms with Crippen LogP contribution in [0.2, 0.25) is 0 Å². The van der Waals surface area contributed by atoms with E-state index in [2.05, 4.69) is 19.9 Å². The van der Waals surface area contributed by atoms with Gasteiger partial charge in [-0.05, 0) is 6.07 Å². The number of ether oxygens (including phenoxy) is 1. The Kier molecular flexibility index (Phi) is 5.32. The molecule has 31 heavy (non-hydrogen) atoms. The van der Waals surface area contributed by atoms with E-state index in [-0.39, 0.29) is 5.95 Å². The van der Waals surface area contributed by atoms with E-state index < -0.39 is 10.6 Å². The molecule has 1 fully saturated rings. The summed E-state index contributed by atoms with van der Waals surface area (Å²) in [6.07, 6.45) is 5.67. The van der Waals surface area contributed by atoms with Crippen molar-refractivity contribution >= 4 is 49.5 Å². The van der Waals surface area contributed by atoms with Crippen LogP contribution >= 0.6 is 21.9 Å². The Morgan fingerprint density at radius 3 is 2.68 bits per heavy atom. The second-order valence-corrected chi connectivity index (χ2v) is 10.2. The number of rotatable bonds is 6. The van der Waals surface area contributed by atoms with E-state index in [1.807, 2.05) is 6.07 Å². The molecule has 5 rings (SSSR count). The third-order valence-corrected chi connectivity index (χ3v) is 7.52. The van der Waals surface area contributed by atoms with E-state index in [9.17, 15) is 9.11 Å². The molecule has 0 saturated carbocycles. The Bertz CT molecular complexity index is 1170. The minimum atomic E-state index is -2.86. The molecular weight excluding hydrogens is 438 g/mol. The van der Waals surface area contributed by atoms with Crippen LogP contribution in [0.4, 0.5) is 11.8 Å². The highest BCUT2D eigenvalue weighted by molar-refractivity contribution is 8.38. The molecule has 12 heteroatoms. The lowest BCUT2D eigenvalue weighted by molar-refractivity contribution is 0.122. The number of hydrogen-bond donors (Lipinski definition) is 3. The molecule has 3 aromatic rings. The summed E-state index contributed by atoms with van der Waals surface area (Å²) >= 11 is 1.56. The van der Waals surface area contributed by atoms with Crippen molar-refractivity contribution < 1.29 is 13.8 Å². The molecule has 162 valence electrons. The summed E-state index contributed by atoms with van der Waals surface area (Å²) in [5.74, 6) is 1.56. The molecule has 0 spiro atoms. The van der Waals surface area contributed by atoms with Crippen molar-refractivity contribution in [2.24, 2.45) is 4.99 Å². The largest absolute Gasteiger partial charge is 0.378 e. The van der Waals surface area contributed by atoms with E-state index in [1.54, 1.807) is 29.8 Å². The predicted molar refractivity (Wildman–Crippen MR) is 124 cm³/mol. The fraction of sp³-hybridized carbons (Fsp3) is 0.316. The van der Waals surface area contributed by atoms with Gasteiger partial charge in [0, 0.05) is 41.7 Å². The van der Waals surface area contributed by atoms with Crippen molar-refractivity contribution in [3.8, 4) is 11.4 Å². The summed E-state index contributed by atoms with van der Waals surface area (Å²) in [6, 6.07) is 1.97. The highest BCUT2D eigenvalue weighted by atomic mass is 32.3. The topological polar surface area (TPSA) is 143 Å². The van der Waals surface area contributed by atoms with E-state index in [4.69, 9.17) is 20.4 Å². The molecule has 4 heterocycles. The zero-order valence-electron chi connectivity index (χ0n) is 16.5. The van der Waals surface area contributed by atoms with Crippen molar-refractivity contribution in [3.05, 3.63) is 34.3 Å². The zero-order valence-corrected chi connectivity index (χ0v) is 18.1. The minimum absolute atomic E-state index is 0.196. The third kappa shape index (κ3) is 4.38. The molecular formula is C19H21N7O3S2. The first-order valence-corrected chi connectivity index (χ1v) is 12.1. The summed E-state index contributed by atoms with van der Waals surface area (Å²) in [6.45, 7) is 3.10. The lowest BCUT2D eigenvalue weighted by Gasteiger charge is -2.28. The first-order chi connectivity index (χ1) is 15.0. The van der Waals surface area contributed by atoms with Crippen molar-refractivity contribution in [1.29, 1.82) is 0 Å². The second-order valence-electron chi connectivity index (χ2n) is 7.14. The highest BCUT2D eigenvalue weighted by Gasteiger charge is 2.23. The monoisotopic (exact) mass is 459 g/mol.